The largest absolute Gasteiger partial charge is 0.0874 e. The van der Waals surface area contributed by atoms with Gasteiger partial charge in [0.15, 0.2) is 0 Å². The minimum Gasteiger partial charge on any atom is -0.0874 e. The van der Waals surface area contributed by atoms with E-state index in [-0.39, 0.29) is 0 Å². The van der Waals surface area contributed by atoms with Crippen LogP contribution in [-0.4, -0.2) is 0 Å². The summed E-state index contributed by atoms with van der Waals surface area (Å²) in [5.74, 6) is 0. The Morgan fingerprint density at radius 1 is 0.895 bits per heavy atom. The third-order valence-corrected chi connectivity index (χ3v) is 3.12. The van der Waals surface area contributed by atoms with Gasteiger partial charge in [0.2, 0.25) is 0 Å². The fourth-order valence-corrected chi connectivity index (χ4v) is 2.15. The summed E-state index contributed by atoms with van der Waals surface area (Å²) in [5.41, 5.74) is 6.42. The molecule has 0 saturated carbocycles. The molecular formula is C19H24. The summed E-state index contributed by atoms with van der Waals surface area (Å²) in [5, 5.41) is 0. The van der Waals surface area contributed by atoms with Crippen molar-refractivity contribution in [2.75, 3.05) is 0 Å². The number of aryl methyl sites for hydroxylation is 1. The van der Waals surface area contributed by atoms with Crippen molar-refractivity contribution >= 4 is 5.57 Å². The molecule has 1 aromatic carbocycles. The predicted octanol–water partition coefficient (Wildman–Crippen LogP) is 5.87. The summed E-state index contributed by atoms with van der Waals surface area (Å²) in [4.78, 5) is 0. The third-order valence-electron chi connectivity index (χ3n) is 3.12. The Bertz CT molecular complexity index is 520. The first-order valence-electron chi connectivity index (χ1n) is 6.84. The molecular weight excluding hydrogens is 228 g/mol. The zero-order chi connectivity index (χ0) is 14.3. The van der Waals surface area contributed by atoms with Crippen LogP contribution in [0.5, 0.6) is 0 Å². The molecule has 1 rings (SSSR count). The van der Waals surface area contributed by atoms with Gasteiger partial charge in [-0.05, 0) is 56.9 Å². The van der Waals surface area contributed by atoms with Crippen molar-refractivity contribution in [3.63, 3.8) is 0 Å². The molecule has 0 N–H and O–H groups in total. The van der Waals surface area contributed by atoms with Crippen LogP contribution in [-0.2, 0) is 0 Å². The maximum Gasteiger partial charge on any atom is -0.0152 e. The van der Waals surface area contributed by atoms with Crippen molar-refractivity contribution in [3.05, 3.63) is 76.9 Å². The standard InChI is InChI=1S/C19H24/c1-6-9-16(5)19(10-7-2)18(8-3)17-13-11-15(4)12-14-17/h6-14H,1-5H3/b9-6-,10-7-,18-8-,19-16+. The van der Waals surface area contributed by atoms with E-state index >= 15 is 0 Å². The Kier molecular flexibility index (Phi) is 6.08. The second kappa shape index (κ2) is 7.58. The molecule has 0 amide bonds. The van der Waals surface area contributed by atoms with Crippen LogP contribution in [0.15, 0.2) is 65.8 Å². The van der Waals surface area contributed by atoms with E-state index in [9.17, 15) is 0 Å². The first-order valence-corrected chi connectivity index (χ1v) is 6.84. The van der Waals surface area contributed by atoms with E-state index in [2.05, 4.69) is 89.3 Å². The van der Waals surface area contributed by atoms with E-state index in [1.807, 2.05) is 0 Å². The smallest absolute Gasteiger partial charge is 0.0152 e. The number of benzene rings is 1. The van der Waals surface area contributed by atoms with Crippen LogP contribution in [0.1, 0.15) is 38.8 Å². The van der Waals surface area contributed by atoms with Gasteiger partial charge in [0.1, 0.15) is 0 Å². The normalized spacial score (nSPS) is 14.3. The summed E-state index contributed by atoms with van der Waals surface area (Å²) in [6, 6.07) is 8.71. The lowest BCUT2D eigenvalue weighted by Crippen LogP contribution is -1.91. The average molecular weight is 252 g/mol. The van der Waals surface area contributed by atoms with Crippen LogP contribution >= 0.6 is 0 Å². The van der Waals surface area contributed by atoms with Gasteiger partial charge in [-0.15, -0.1) is 0 Å². The highest BCUT2D eigenvalue weighted by Crippen LogP contribution is 2.27. The second-order valence-corrected chi connectivity index (χ2v) is 4.67. The van der Waals surface area contributed by atoms with Gasteiger partial charge in [0.25, 0.3) is 0 Å². The molecule has 0 bridgehead atoms. The van der Waals surface area contributed by atoms with Gasteiger partial charge in [-0.1, -0.05) is 60.2 Å². The first kappa shape index (κ1) is 15.2. The first-order chi connectivity index (χ1) is 9.13. The van der Waals surface area contributed by atoms with Crippen molar-refractivity contribution in [1.82, 2.24) is 0 Å². The molecule has 0 atom stereocenters. The second-order valence-electron chi connectivity index (χ2n) is 4.67. The number of allylic oxidation sites excluding steroid dienone is 8. The lowest BCUT2D eigenvalue weighted by atomic mass is 9.93. The Morgan fingerprint density at radius 3 is 1.95 bits per heavy atom. The van der Waals surface area contributed by atoms with Crippen LogP contribution in [0.4, 0.5) is 0 Å². The molecule has 0 aliphatic rings. The molecule has 0 fully saturated rings. The van der Waals surface area contributed by atoms with Crippen LogP contribution in [0.25, 0.3) is 5.57 Å². The molecule has 0 aromatic heterocycles. The van der Waals surface area contributed by atoms with Crippen molar-refractivity contribution in [3.8, 4) is 0 Å². The molecule has 0 heterocycles. The minimum absolute atomic E-state index is 1.27. The quantitative estimate of drug-likeness (QED) is 0.588. The third kappa shape index (κ3) is 4.10. The molecule has 1 aromatic rings. The van der Waals surface area contributed by atoms with Gasteiger partial charge in [0, 0.05) is 0 Å². The summed E-state index contributed by atoms with van der Waals surface area (Å²) < 4.78 is 0. The Morgan fingerprint density at radius 2 is 1.47 bits per heavy atom. The molecule has 0 heteroatoms. The van der Waals surface area contributed by atoms with Crippen LogP contribution in [0, 0.1) is 6.92 Å². The predicted molar refractivity (Wildman–Crippen MR) is 87.2 cm³/mol. The summed E-state index contributed by atoms with van der Waals surface area (Å²) >= 11 is 0. The SMILES string of the molecule is C\C=C/C(C)=C(\C=C/C)C(=C\C)/c1ccc(C)cc1. The van der Waals surface area contributed by atoms with Crippen molar-refractivity contribution in [1.29, 1.82) is 0 Å². The maximum atomic E-state index is 2.19. The van der Waals surface area contributed by atoms with Crippen molar-refractivity contribution in [2.24, 2.45) is 0 Å². The molecule has 0 radical (unpaired) electrons. The highest BCUT2D eigenvalue weighted by Gasteiger charge is 2.06. The van der Waals surface area contributed by atoms with Gasteiger partial charge < -0.3 is 0 Å². The van der Waals surface area contributed by atoms with E-state index in [1.165, 1.54) is 27.8 Å². The molecule has 0 spiro atoms. The van der Waals surface area contributed by atoms with Gasteiger partial charge in [-0.25, -0.2) is 0 Å². The molecule has 19 heavy (non-hydrogen) atoms. The molecule has 0 aliphatic carbocycles. The number of hydrogen-bond acceptors (Lipinski definition) is 0. The molecule has 0 unspecified atom stereocenters. The van der Waals surface area contributed by atoms with E-state index in [0.717, 1.165) is 0 Å². The molecule has 0 aliphatic heterocycles. The van der Waals surface area contributed by atoms with Crippen LogP contribution in [0.2, 0.25) is 0 Å². The van der Waals surface area contributed by atoms with Gasteiger partial charge in [0.05, 0.1) is 0 Å². The zero-order valence-corrected chi connectivity index (χ0v) is 12.7. The molecule has 100 valence electrons. The lowest BCUT2D eigenvalue weighted by Gasteiger charge is -2.12. The fourth-order valence-electron chi connectivity index (χ4n) is 2.15. The van der Waals surface area contributed by atoms with Crippen molar-refractivity contribution < 1.29 is 0 Å². The van der Waals surface area contributed by atoms with E-state index in [0.29, 0.717) is 0 Å². The fraction of sp³-hybridized carbons (Fsp3) is 0.263. The lowest BCUT2D eigenvalue weighted by molar-refractivity contribution is 1.40. The van der Waals surface area contributed by atoms with Crippen LogP contribution in [0.3, 0.4) is 0 Å². The van der Waals surface area contributed by atoms with Crippen molar-refractivity contribution in [2.45, 2.75) is 34.6 Å². The van der Waals surface area contributed by atoms with Gasteiger partial charge >= 0.3 is 0 Å². The maximum absolute atomic E-state index is 2.19. The zero-order valence-electron chi connectivity index (χ0n) is 12.7. The highest BCUT2D eigenvalue weighted by atomic mass is 14.1. The Hall–Kier alpha value is -1.82. The van der Waals surface area contributed by atoms with Crippen LogP contribution < -0.4 is 0 Å². The summed E-state index contributed by atoms with van der Waals surface area (Å²) in [6.07, 6.45) is 10.7. The van der Waals surface area contributed by atoms with E-state index < -0.39 is 0 Å². The molecule has 0 nitrogen and oxygen atoms in total. The van der Waals surface area contributed by atoms with Gasteiger partial charge in [-0.3, -0.25) is 0 Å². The minimum atomic E-state index is 1.27. The van der Waals surface area contributed by atoms with E-state index in [4.69, 9.17) is 0 Å². The average Bonchev–Trinajstić information content (AvgIpc) is 2.41. The Labute approximate surface area is 117 Å². The number of rotatable bonds is 4. The highest BCUT2D eigenvalue weighted by molar-refractivity contribution is 5.83. The van der Waals surface area contributed by atoms with E-state index in [1.54, 1.807) is 0 Å². The topological polar surface area (TPSA) is 0 Å². The summed E-state index contributed by atoms with van der Waals surface area (Å²) in [6.45, 7) is 10.5. The number of hydrogen-bond donors (Lipinski definition) is 0. The summed E-state index contributed by atoms with van der Waals surface area (Å²) in [7, 11) is 0. The monoisotopic (exact) mass is 252 g/mol. The Balaban J connectivity index is 3.34. The molecule has 0 saturated heterocycles. The van der Waals surface area contributed by atoms with Gasteiger partial charge in [-0.2, -0.15) is 0 Å².